The predicted octanol–water partition coefficient (Wildman–Crippen LogP) is 3.61. The zero-order chi connectivity index (χ0) is 11.9. The van der Waals surface area contributed by atoms with Gasteiger partial charge in [-0.3, -0.25) is 0 Å². The Kier molecular flexibility index (Phi) is 2.70. The van der Waals surface area contributed by atoms with Crippen LogP contribution in [0.2, 0.25) is 0 Å². The Morgan fingerprint density at radius 3 is 2.56 bits per heavy atom. The number of imidazole rings is 1. The van der Waals surface area contributed by atoms with Crippen LogP contribution < -0.4 is 0 Å². The number of alkyl halides is 1. The van der Waals surface area contributed by atoms with Gasteiger partial charge in [0.1, 0.15) is 5.82 Å². The second kappa shape index (κ2) is 3.77. The zero-order valence-electron chi connectivity index (χ0n) is 10.2. The van der Waals surface area contributed by atoms with Crippen molar-refractivity contribution in [2.45, 2.75) is 32.1 Å². The minimum absolute atomic E-state index is 0.0644. The average Bonchev–Trinajstić information content (AvgIpc) is 2.55. The maximum Gasteiger partial charge on any atom is 0.115 e. The third-order valence-corrected chi connectivity index (χ3v) is 3.08. The molecular weight excluding hydrogens is 220 g/mol. The number of hydrogen-bond acceptors (Lipinski definition) is 1. The SMILES string of the molecule is Cn1c(C(C)(C)C)nc2ccc(CCl)cc21. The topological polar surface area (TPSA) is 17.8 Å². The summed E-state index contributed by atoms with van der Waals surface area (Å²) in [5.41, 5.74) is 3.40. The molecule has 1 aromatic carbocycles. The highest BCUT2D eigenvalue weighted by molar-refractivity contribution is 6.17. The Bertz CT molecular complexity index is 520. The molecule has 3 heteroatoms. The minimum atomic E-state index is 0.0644. The van der Waals surface area contributed by atoms with Crippen molar-refractivity contribution in [2.75, 3.05) is 0 Å². The van der Waals surface area contributed by atoms with Gasteiger partial charge in [0, 0.05) is 18.3 Å². The summed E-state index contributed by atoms with van der Waals surface area (Å²) >= 11 is 5.85. The van der Waals surface area contributed by atoms with Gasteiger partial charge in [-0.1, -0.05) is 26.8 Å². The van der Waals surface area contributed by atoms with E-state index < -0.39 is 0 Å². The first-order valence-corrected chi connectivity index (χ1v) is 5.99. The molecule has 0 spiro atoms. The summed E-state index contributed by atoms with van der Waals surface area (Å²) < 4.78 is 2.16. The second-order valence-corrected chi connectivity index (χ2v) is 5.47. The van der Waals surface area contributed by atoms with Gasteiger partial charge in [0.2, 0.25) is 0 Å². The van der Waals surface area contributed by atoms with Crippen LogP contribution in [0.1, 0.15) is 32.2 Å². The van der Waals surface area contributed by atoms with Crippen LogP contribution in [0.15, 0.2) is 18.2 Å². The van der Waals surface area contributed by atoms with E-state index in [1.807, 2.05) is 12.1 Å². The van der Waals surface area contributed by atoms with E-state index >= 15 is 0 Å². The van der Waals surface area contributed by atoms with Gasteiger partial charge in [0.15, 0.2) is 0 Å². The summed E-state index contributed by atoms with van der Waals surface area (Å²) in [6.07, 6.45) is 0. The minimum Gasteiger partial charge on any atom is -0.331 e. The van der Waals surface area contributed by atoms with Crippen molar-refractivity contribution in [3.63, 3.8) is 0 Å². The highest BCUT2D eigenvalue weighted by Crippen LogP contribution is 2.26. The monoisotopic (exact) mass is 236 g/mol. The molecule has 0 radical (unpaired) electrons. The van der Waals surface area contributed by atoms with Crippen LogP contribution in [0.25, 0.3) is 11.0 Å². The number of fused-ring (bicyclic) bond motifs is 1. The first-order chi connectivity index (χ1) is 7.43. The van der Waals surface area contributed by atoms with Crippen LogP contribution in [0.3, 0.4) is 0 Å². The number of hydrogen-bond donors (Lipinski definition) is 0. The Morgan fingerprint density at radius 2 is 2.00 bits per heavy atom. The van der Waals surface area contributed by atoms with E-state index in [1.165, 1.54) is 0 Å². The lowest BCUT2D eigenvalue weighted by Crippen LogP contribution is -2.17. The lowest BCUT2D eigenvalue weighted by atomic mass is 9.96. The fourth-order valence-corrected chi connectivity index (χ4v) is 2.16. The van der Waals surface area contributed by atoms with Gasteiger partial charge in [-0.05, 0) is 17.7 Å². The van der Waals surface area contributed by atoms with E-state index in [1.54, 1.807) is 0 Å². The van der Waals surface area contributed by atoms with Crippen molar-refractivity contribution in [3.05, 3.63) is 29.6 Å². The van der Waals surface area contributed by atoms with Crippen LogP contribution in [-0.2, 0) is 18.3 Å². The molecule has 0 atom stereocenters. The zero-order valence-corrected chi connectivity index (χ0v) is 11.0. The number of benzene rings is 1. The van der Waals surface area contributed by atoms with Crippen LogP contribution in [0.4, 0.5) is 0 Å². The fraction of sp³-hybridized carbons (Fsp3) is 0.462. The molecule has 1 aromatic heterocycles. The number of aryl methyl sites for hydroxylation is 1. The molecule has 16 heavy (non-hydrogen) atoms. The predicted molar refractivity (Wildman–Crippen MR) is 69.0 cm³/mol. The lowest BCUT2D eigenvalue weighted by molar-refractivity contribution is 0.526. The van der Waals surface area contributed by atoms with E-state index in [2.05, 4.69) is 43.4 Å². The smallest absolute Gasteiger partial charge is 0.115 e. The highest BCUT2D eigenvalue weighted by atomic mass is 35.5. The van der Waals surface area contributed by atoms with Crippen LogP contribution in [0, 0.1) is 0 Å². The quantitative estimate of drug-likeness (QED) is 0.692. The summed E-state index contributed by atoms with van der Waals surface area (Å²) in [6.45, 7) is 6.53. The van der Waals surface area contributed by atoms with Crippen molar-refractivity contribution in [1.82, 2.24) is 9.55 Å². The molecule has 0 N–H and O–H groups in total. The van der Waals surface area contributed by atoms with Crippen molar-refractivity contribution in [1.29, 1.82) is 0 Å². The Morgan fingerprint density at radius 1 is 1.31 bits per heavy atom. The van der Waals surface area contributed by atoms with Crippen LogP contribution in [-0.4, -0.2) is 9.55 Å². The highest BCUT2D eigenvalue weighted by Gasteiger charge is 2.21. The van der Waals surface area contributed by atoms with Crippen molar-refractivity contribution in [2.24, 2.45) is 7.05 Å². The Hall–Kier alpha value is -1.02. The van der Waals surface area contributed by atoms with Gasteiger partial charge >= 0.3 is 0 Å². The molecule has 2 aromatic rings. The Balaban J connectivity index is 2.69. The van der Waals surface area contributed by atoms with Gasteiger partial charge < -0.3 is 4.57 Å². The molecule has 0 aliphatic carbocycles. The van der Waals surface area contributed by atoms with E-state index in [9.17, 15) is 0 Å². The van der Waals surface area contributed by atoms with Gasteiger partial charge in [0.05, 0.1) is 11.0 Å². The summed E-state index contributed by atoms with van der Waals surface area (Å²) in [6, 6.07) is 6.20. The summed E-state index contributed by atoms with van der Waals surface area (Å²) in [4.78, 5) is 4.68. The normalized spacial score (nSPS) is 12.3. The van der Waals surface area contributed by atoms with Gasteiger partial charge in [-0.25, -0.2) is 4.98 Å². The molecule has 0 saturated heterocycles. The molecule has 0 fully saturated rings. The first kappa shape index (κ1) is 11.5. The van der Waals surface area contributed by atoms with Crippen molar-refractivity contribution >= 4 is 22.6 Å². The van der Waals surface area contributed by atoms with E-state index in [-0.39, 0.29) is 5.41 Å². The maximum absolute atomic E-state index is 5.85. The first-order valence-electron chi connectivity index (χ1n) is 5.45. The Labute approximate surface area is 101 Å². The average molecular weight is 237 g/mol. The van der Waals surface area contributed by atoms with Gasteiger partial charge in [-0.15, -0.1) is 11.6 Å². The van der Waals surface area contributed by atoms with Crippen molar-refractivity contribution < 1.29 is 0 Å². The van der Waals surface area contributed by atoms with E-state index in [0.717, 1.165) is 22.4 Å². The molecule has 0 aliphatic rings. The number of nitrogens with zero attached hydrogens (tertiary/aromatic N) is 2. The molecule has 86 valence electrons. The third kappa shape index (κ3) is 1.82. The molecule has 2 nitrogen and oxygen atoms in total. The number of halogens is 1. The molecule has 0 saturated carbocycles. The van der Waals surface area contributed by atoms with Crippen molar-refractivity contribution in [3.8, 4) is 0 Å². The standard InChI is InChI=1S/C13H17ClN2/c1-13(2,3)12-15-10-6-5-9(8-14)7-11(10)16(12)4/h5-7H,8H2,1-4H3. The molecular formula is C13H17ClN2. The molecule has 0 unspecified atom stereocenters. The fourth-order valence-electron chi connectivity index (χ4n) is 1.99. The number of rotatable bonds is 1. The van der Waals surface area contributed by atoms with Crippen LogP contribution in [0.5, 0.6) is 0 Å². The second-order valence-electron chi connectivity index (χ2n) is 5.20. The summed E-state index contributed by atoms with van der Waals surface area (Å²) in [5, 5.41) is 0. The summed E-state index contributed by atoms with van der Waals surface area (Å²) in [7, 11) is 2.06. The third-order valence-electron chi connectivity index (χ3n) is 2.77. The molecule has 0 aliphatic heterocycles. The van der Waals surface area contributed by atoms with E-state index in [0.29, 0.717) is 5.88 Å². The molecule has 2 rings (SSSR count). The summed E-state index contributed by atoms with van der Waals surface area (Å²) in [5.74, 6) is 1.65. The van der Waals surface area contributed by atoms with Gasteiger partial charge in [-0.2, -0.15) is 0 Å². The lowest BCUT2D eigenvalue weighted by Gasteiger charge is -2.17. The molecule has 0 bridgehead atoms. The molecule has 1 heterocycles. The largest absolute Gasteiger partial charge is 0.331 e. The van der Waals surface area contributed by atoms with Crippen LogP contribution >= 0.6 is 11.6 Å². The molecule has 0 amide bonds. The van der Waals surface area contributed by atoms with Gasteiger partial charge in [0.25, 0.3) is 0 Å². The number of aromatic nitrogens is 2. The van der Waals surface area contributed by atoms with E-state index in [4.69, 9.17) is 11.6 Å². The maximum atomic E-state index is 5.85.